The van der Waals surface area contributed by atoms with Crippen LogP contribution in [0.5, 0.6) is 11.5 Å². The van der Waals surface area contributed by atoms with Gasteiger partial charge in [-0.25, -0.2) is 22.3 Å². The van der Waals surface area contributed by atoms with Gasteiger partial charge in [-0.05, 0) is 85.6 Å². The fourth-order valence-corrected chi connectivity index (χ4v) is 8.43. The van der Waals surface area contributed by atoms with Crippen molar-refractivity contribution >= 4 is 55.6 Å². The summed E-state index contributed by atoms with van der Waals surface area (Å²) in [5.74, 6) is -3.68. The first-order chi connectivity index (χ1) is 28.0. The second-order valence-corrected chi connectivity index (χ2v) is 16.1. The number of carbonyl (C=O) groups excluding carboxylic acids is 5. The van der Waals surface area contributed by atoms with Crippen LogP contribution in [-0.2, 0) is 29.6 Å². The van der Waals surface area contributed by atoms with E-state index < -0.39 is 67.6 Å². The number of aliphatic carboxylic acids is 1. The van der Waals surface area contributed by atoms with Crippen LogP contribution in [0.4, 0.5) is 0 Å². The van der Waals surface area contributed by atoms with Gasteiger partial charge in [0.15, 0.2) is 0 Å². The van der Waals surface area contributed by atoms with E-state index in [0.29, 0.717) is 11.5 Å². The summed E-state index contributed by atoms with van der Waals surface area (Å²) in [4.78, 5) is 74.8. The number of rotatable bonds is 16. The average molecular weight is 852 g/mol. The lowest BCUT2D eigenvalue weighted by molar-refractivity contribution is -0.139. The third-order valence-corrected chi connectivity index (χ3v) is 12.1. The van der Waals surface area contributed by atoms with Crippen LogP contribution in [0.2, 0.25) is 0 Å². The quantitative estimate of drug-likeness (QED) is 0.0610. The van der Waals surface area contributed by atoms with E-state index in [0.717, 1.165) is 9.80 Å². The highest BCUT2D eigenvalue weighted by Crippen LogP contribution is 2.25. The van der Waals surface area contributed by atoms with Gasteiger partial charge in [0.05, 0.1) is 46.3 Å². The first-order valence-corrected chi connectivity index (χ1v) is 20.4. The Kier molecular flexibility index (Phi) is 13.6. The van der Waals surface area contributed by atoms with Crippen LogP contribution in [0.1, 0.15) is 54.3 Å². The molecule has 4 aromatic rings. The summed E-state index contributed by atoms with van der Waals surface area (Å²) in [7, 11) is -5.40. The highest BCUT2D eigenvalue weighted by molar-refractivity contribution is 7.89. The van der Waals surface area contributed by atoms with Gasteiger partial charge in [0.1, 0.15) is 23.6 Å². The van der Waals surface area contributed by atoms with Crippen molar-refractivity contribution in [2.75, 3.05) is 27.3 Å². The minimum absolute atomic E-state index is 0.125. The third kappa shape index (κ3) is 9.79. The third-order valence-electron chi connectivity index (χ3n) is 9.10. The van der Waals surface area contributed by atoms with Gasteiger partial charge in [-0.15, -0.1) is 0 Å². The fraction of sp³-hybridized carbons (Fsp3) is 0.211. The molecule has 0 aliphatic carbocycles. The van der Waals surface area contributed by atoms with E-state index in [9.17, 15) is 50.7 Å². The molecule has 0 bridgehead atoms. The maximum Gasteiger partial charge on any atom is 0.321 e. The van der Waals surface area contributed by atoms with Gasteiger partial charge >= 0.3 is 5.97 Å². The lowest BCUT2D eigenvalue weighted by Crippen LogP contribution is -2.47. The SMILES string of the molecule is COc1ccc(S(=O)(=O)NC(CCN2C(=O)c3ccccc3C2=O)C(=O)NO)cc1.COc1ccc(S(=O)(=O)NC(CCN2C(=O)c3ccccc3C2=O)C(=O)O)cc1. The lowest BCUT2D eigenvalue weighted by atomic mass is 10.1. The second kappa shape index (κ2) is 18.4. The summed E-state index contributed by atoms with van der Waals surface area (Å²) in [5, 5.41) is 18.4. The molecular weight excluding hydrogens is 815 g/mol. The molecule has 310 valence electrons. The molecule has 2 unspecified atom stereocenters. The second-order valence-electron chi connectivity index (χ2n) is 12.7. The molecule has 21 heteroatoms. The van der Waals surface area contributed by atoms with Crippen molar-refractivity contribution in [2.24, 2.45) is 0 Å². The summed E-state index contributed by atoms with van der Waals surface area (Å²) in [5.41, 5.74) is 2.36. The van der Waals surface area contributed by atoms with Crippen molar-refractivity contribution in [3.05, 3.63) is 119 Å². The summed E-state index contributed by atoms with van der Waals surface area (Å²) < 4.78 is 64.4. The molecule has 0 radical (unpaired) electrons. The molecule has 2 heterocycles. The number of nitrogens with one attached hydrogen (secondary N) is 3. The van der Waals surface area contributed by atoms with E-state index in [2.05, 4.69) is 9.44 Å². The van der Waals surface area contributed by atoms with Gasteiger partial charge in [-0.3, -0.25) is 43.8 Å². The zero-order valence-corrected chi connectivity index (χ0v) is 32.9. The lowest BCUT2D eigenvalue weighted by Gasteiger charge is -2.20. The largest absolute Gasteiger partial charge is 0.497 e. The molecule has 59 heavy (non-hydrogen) atoms. The van der Waals surface area contributed by atoms with Crippen LogP contribution in [0.15, 0.2) is 107 Å². The number of nitrogens with zero attached hydrogens (tertiary/aromatic N) is 2. The molecule has 5 N–H and O–H groups in total. The Morgan fingerprint density at radius 3 is 1.20 bits per heavy atom. The Morgan fingerprint density at radius 2 is 0.898 bits per heavy atom. The molecule has 6 rings (SSSR count). The molecular formula is C38H37N5O14S2. The van der Waals surface area contributed by atoms with Crippen molar-refractivity contribution in [1.82, 2.24) is 24.7 Å². The maximum absolute atomic E-state index is 12.6. The highest BCUT2D eigenvalue weighted by Gasteiger charge is 2.38. The van der Waals surface area contributed by atoms with Crippen molar-refractivity contribution in [3.8, 4) is 11.5 Å². The number of amides is 5. The maximum atomic E-state index is 12.6. The van der Waals surface area contributed by atoms with Crippen molar-refractivity contribution < 1.29 is 65.4 Å². The number of imide groups is 2. The topological polar surface area (TPSA) is 272 Å². The van der Waals surface area contributed by atoms with E-state index in [-0.39, 0.29) is 58.0 Å². The molecule has 5 amide bonds. The number of carboxylic acids is 1. The number of ether oxygens (including phenoxy) is 2. The van der Waals surface area contributed by atoms with Crippen LogP contribution < -0.4 is 24.4 Å². The number of hydrogen-bond donors (Lipinski definition) is 5. The van der Waals surface area contributed by atoms with Crippen LogP contribution in [-0.4, -0.2) is 112 Å². The number of carboxylic acid groups (broad SMARTS) is 1. The van der Waals surface area contributed by atoms with Crippen LogP contribution in [0, 0.1) is 0 Å². The molecule has 0 spiro atoms. The smallest absolute Gasteiger partial charge is 0.321 e. The van der Waals surface area contributed by atoms with E-state index in [1.165, 1.54) is 92.5 Å². The van der Waals surface area contributed by atoms with Gasteiger partial charge in [-0.1, -0.05) is 24.3 Å². The van der Waals surface area contributed by atoms with Gasteiger partial charge in [0.2, 0.25) is 20.0 Å². The van der Waals surface area contributed by atoms with Crippen molar-refractivity contribution in [3.63, 3.8) is 0 Å². The highest BCUT2D eigenvalue weighted by atomic mass is 32.2. The molecule has 4 aromatic carbocycles. The van der Waals surface area contributed by atoms with Gasteiger partial charge in [0, 0.05) is 13.1 Å². The summed E-state index contributed by atoms with van der Waals surface area (Å²) in [6.45, 7) is -0.468. The molecule has 0 fully saturated rings. The predicted molar refractivity (Wildman–Crippen MR) is 205 cm³/mol. The number of sulfonamides is 2. The van der Waals surface area contributed by atoms with Gasteiger partial charge in [-0.2, -0.15) is 9.44 Å². The standard InChI is InChI=1S/C19H19N3O7S.C19H18N2O7S/c1-29-12-6-8-13(9-7-12)30(27,28)21-16(17(23)20-26)10-11-22-18(24)14-4-2-3-5-15(14)19(22)25;1-28-12-6-8-13(9-7-12)29(26,27)20-16(19(24)25)10-11-21-17(22)14-4-2-3-5-15(14)18(21)23/h2-9,16,21,26H,10-11H2,1H3,(H,20,23);2-9,16,20H,10-11H2,1H3,(H,24,25). The van der Waals surface area contributed by atoms with Gasteiger partial charge < -0.3 is 14.6 Å². The van der Waals surface area contributed by atoms with Crippen LogP contribution >= 0.6 is 0 Å². The Hall–Kier alpha value is -6.52. The molecule has 0 saturated carbocycles. The minimum atomic E-state index is -4.13. The first-order valence-electron chi connectivity index (χ1n) is 17.4. The number of methoxy groups -OCH3 is 2. The van der Waals surface area contributed by atoms with Gasteiger partial charge in [0.25, 0.3) is 29.5 Å². The Morgan fingerprint density at radius 1 is 0.576 bits per heavy atom. The van der Waals surface area contributed by atoms with E-state index in [4.69, 9.17) is 14.7 Å². The summed E-state index contributed by atoms with van der Waals surface area (Å²) in [6.07, 6.45) is -0.524. The summed E-state index contributed by atoms with van der Waals surface area (Å²) in [6, 6.07) is 20.5. The van der Waals surface area contributed by atoms with E-state index in [1.54, 1.807) is 24.3 Å². The molecule has 0 saturated heterocycles. The summed E-state index contributed by atoms with van der Waals surface area (Å²) >= 11 is 0. The molecule has 2 atom stereocenters. The van der Waals surface area contributed by atoms with Crippen LogP contribution in [0.25, 0.3) is 0 Å². The Bertz CT molecular complexity index is 2430. The normalized spacial score (nSPS) is 14.5. The first kappa shape index (κ1) is 43.6. The van der Waals surface area contributed by atoms with E-state index >= 15 is 0 Å². The monoisotopic (exact) mass is 851 g/mol. The Labute approximate surface area is 337 Å². The zero-order valence-electron chi connectivity index (χ0n) is 31.2. The zero-order chi connectivity index (χ0) is 43.1. The minimum Gasteiger partial charge on any atom is -0.497 e. The number of hydrogen-bond acceptors (Lipinski definition) is 13. The van der Waals surface area contributed by atoms with Crippen molar-refractivity contribution in [1.29, 1.82) is 0 Å². The number of benzene rings is 4. The molecule has 2 aliphatic heterocycles. The molecule has 0 aromatic heterocycles. The fourth-order valence-electron chi connectivity index (χ4n) is 5.98. The number of carbonyl (C=O) groups is 6. The number of fused-ring (bicyclic) bond motifs is 2. The Balaban J connectivity index is 0.000000224. The molecule has 2 aliphatic rings. The predicted octanol–water partition coefficient (Wildman–Crippen LogP) is 1.65. The van der Waals surface area contributed by atoms with E-state index in [1.807, 2.05) is 0 Å². The molecule has 19 nitrogen and oxygen atoms in total. The number of hydroxylamine groups is 1. The average Bonchev–Trinajstić information content (AvgIpc) is 3.63. The van der Waals surface area contributed by atoms with Crippen molar-refractivity contribution in [2.45, 2.75) is 34.7 Å². The van der Waals surface area contributed by atoms with Crippen LogP contribution in [0.3, 0.4) is 0 Å².